The molecule has 0 bridgehead atoms. The zero-order valence-corrected chi connectivity index (χ0v) is 13.6. The Bertz CT molecular complexity index is 653. The molecule has 122 valence electrons. The fourth-order valence-electron chi connectivity index (χ4n) is 2.03. The minimum Gasteiger partial charge on any atom is -0.497 e. The molecule has 0 radical (unpaired) electrons. The summed E-state index contributed by atoms with van der Waals surface area (Å²) in [5.74, 6) is 1.77. The molecule has 0 heterocycles. The molecule has 2 aromatic carbocycles. The highest BCUT2D eigenvalue weighted by Gasteiger charge is 2.07. The summed E-state index contributed by atoms with van der Waals surface area (Å²) >= 11 is 0. The van der Waals surface area contributed by atoms with E-state index in [9.17, 15) is 4.79 Å². The lowest BCUT2D eigenvalue weighted by molar-refractivity contribution is -0.123. The lowest BCUT2D eigenvalue weighted by atomic mass is 10.2. The predicted molar refractivity (Wildman–Crippen MR) is 88.1 cm³/mol. The summed E-state index contributed by atoms with van der Waals surface area (Å²) in [5.41, 5.74) is 2.06. The van der Waals surface area contributed by atoms with Gasteiger partial charge in [0.25, 0.3) is 5.91 Å². The Balaban J connectivity index is 1.83. The molecule has 23 heavy (non-hydrogen) atoms. The lowest BCUT2D eigenvalue weighted by Gasteiger charge is -2.11. The number of carbonyl (C=O) groups is 1. The number of aryl methyl sites for hydroxylation is 1. The number of carbonyl (C=O) groups excluding carboxylic acids is 1. The summed E-state index contributed by atoms with van der Waals surface area (Å²) in [6.45, 7) is 2.35. The number of hydrogen-bond donors (Lipinski definition) is 1. The molecule has 1 N–H and O–H groups in total. The van der Waals surface area contributed by atoms with Crippen LogP contribution in [-0.4, -0.2) is 26.7 Å². The van der Waals surface area contributed by atoms with Gasteiger partial charge in [-0.15, -0.1) is 0 Å². The molecule has 0 aromatic heterocycles. The average molecular weight is 315 g/mol. The van der Waals surface area contributed by atoms with E-state index in [0.717, 1.165) is 16.9 Å². The van der Waals surface area contributed by atoms with E-state index in [1.54, 1.807) is 20.3 Å². The summed E-state index contributed by atoms with van der Waals surface area (Å²) < 4.78 is 15.8. The summed E-state index contributed by atoms with van der Waals surface area (Å²) in [6, 6.07) is 13.1. The molecule has 0 fully saturated rings. The Morgan fingerprint density at radius 3 is 2.39 bits per heavy atom. The third kappa shape index (κ3) is 4.92. The van der Waals surface area contributed by atoms with Crippen LogP contribution in [0.15, 0.2) is 42.5 Å². The van der Waals surface area contributed by atoms with E-state index in [2.05, 4.69) is 5.32 Å². The van der Waals surface area contributed by atoms with Crippen LogP contribution in [0.25, 0.3) is 0 Å². The number of rotatable bonds is 7. The van der Waals surface area contributed by atoms with Gasteiger partial charge in [-0.05, 0) is 42.3 Å². The summed E-state index contributed by atoms with van der Waals surface area (Å²) in [7, 11) is 3.19. The molecule has 0 saturated carbocycles. The van der Waals surface area contributed by atoms with Crippen LogP contribution in [-0.2, 0) is 11.3 Å². The minimum absolute atomic E-state index is 0.0599. The van der Waals surface area contributed by atoms with Crippen molar-refractivity contribution in [2.24, 2.45) is 0 Å². The lowest BCUT2D eigenvalue weighted by Crippen LogP contribution is -2.28. The van der Waals surface area contributed by atoms with Gasteiger partial charge in [-0.3, -0.25) is 4.79 Å². The molecular formula is C18H21NO4. The van der Waals surface area contributed by atoms with E-state index in [1.807, 2.05) is 43.3 Å². The Morgan fingerprint density at radius 1 is 1.00 bits per heavy atom. The second-order valence-electron chi connectivity index (χ2n) is 5.07. The molecule has 2 rings (SSSR count). The highest BCUT2D eigenvalue weighted by atomic mass is 16.5. The number of nitrogens with one attached hydrogen (secondary N) is 1. The van der Waals surface area contributed by atoms with Crippen LogP contribution in [0.2, 0.25) is 0 Å². The quantitative estimate of drug-likeness (QED) is 0.853. The predicted octanol–water partition coefficient (Wildman–Crippen LogP) is 2.71. The Labute approximate surface area is 136 Å². The molecule has 0 aliphatic heterocycles. The molecule has 5 heteroatoms. The van der Waals surface area contributed by atoms with Crippen LogP contribution >= 0.6 is 0 Å². The fourth-order valence-corrected chi connectivity index (χ4v) is 2.03. The van der Waals surface area contributed by atoms with E-state index < -0.39 is 0 Å². The number of methoxy groups -OCH3 is 2. The van der Waals surface area contributed by atoms with Crippen LogP contribution in [0.3, 0.4) is 0 Å². The van der Waals surface area contributed by atoms with E-state index in [4.69, 9.17) is 14.2 Å². The molecular weight excluding hydrogens is 294 g/mol. The minimum atomic E-state index is -0.191. The largest absolute Gasteiger partial charge is 0.497 e. The third-order valence-corrected chi connectivity index (χ3v) is 3.33. The van der Waals surface area contributed by atoms with Crippen LogP contribution in [0.1, 0.15) is 11.1 Å². The summed E-state index contributed by atoms with van der Waals surface area (Å²) in [5, 5.41) is 2.81. The van der Waals surface area contributed by atoms with Gasteiger partial charge >= 0.3 is 0 Å². The molecule has 5 nitrogen and oxygen atoms in total. The van der Waals surface area contributed by atoms with Crippen molar-refractivity contribution in [1.82, 2.24) is 5.32 Å². The number of benzene rings is 2. The van der Waals surface area contributed by atoms with Crippen LogP contribution in [0, 0.1) is 6.92 Å². The summed E-state index contributed by atoms with van der Waals surface area (Å²) in [4.78, 5) is 11.9. The van der Waals surface area contributed by atoms with Crippen molar-refractivity contribution < 1.29 is 19.0 Å². The van der Waals surface area contributed by atoms with Gasteiger partial charge in [0.2, 0.25) is 0 Å². The highest BCUT2D eigenvalue weighted by molar-refractivity contribution is 5.77. The average Bonchev–Trinajstić information content (AvgIpc) is 2.59. The van der Waals surface area contributed by atoms with E-state index in [0.29, 0.717) is 18.0 Å². The van der Waals surface area contributed by atoms with Crippen molar-refractivity contribution in [1.29, 1.82) is 0 Å². The Kier molecular flexibility index (Phi) is 5.86. The molecule has 0 spiro atoms. The van der Waals surface area contributed by atoms with Crippen LogP contribution in [0.5, 0.6) is 17.2 Å². The maximum absolute atomic E-state index is 11.9. The van der Waals surface area contributed by atoms with Gasteiger partial charge in [-0.25, -0.2) is 0 Å². The Hall–Kier alpha value is -2.69. The van der Waals surface area contributed by atoms with E-state index in [1.165, 1.54) is 0 Å². The second kappa shape index (κ2) is 8.08. The first-order chi connectivity index (χ1) is 11.1. The van der Waals surface area contributed by atoms with Crippen molar-refractivity contribution in [3.8, 4) is 17.2 Å². The van der Waals surface area contributed by atoms with Gasteiger partial charge in [0.15, 0.2) is 18.1 Å². The van der Waals surface area contributed by atoms with Gasteiger partial charge in [-0.1, -0.05) is 18.2 Å². The zero-order valence-electron chi connectivity index (χ0n) is 13.6. The zero-order chi connectivity index (χ0) is 16.7. The van der Waals surface area contributed by atoms with Crippen molar-refractivity contribution in [3.63, 3.8) is 0 Å². The Morgan fingerprint density at radius 2 is 1.74 bits per heavy atom. The molecule has 1 amide bonds. The van der Waals surface area contributed by atoms with Crippen molar-refractivity contribution in [3.05, 3.63) is 53.6 Å². The molecule has 0 atom stereocenters. The van der Waals surface area contributed by atoms with Crippen molar-refractivity contribution in [2.75, 3.05) is 20.8 Å². The monoisotopic (exact) mass is 315 g/mol. The van der Waals surface area contributed by atoms with Gasteiger partial charge in [0, 0.05) is 6.54 Å². The molecule has 0 unspecified atom stereocenters. The van der Waals surface area contributed by atoms with Crippen molar-refractivity contribution in [2.45, 2.75) is 13.5 Å². The fraction of sp³-hybridized carbons (Fsp3) is 0.278. The first kappa shape index (κ1) is 16.7. The standard InChI is InChI=1S/C18H21NO4/c1-13-4-9-16(17(10-13)22-3)23-12-18(20)19-11-14-5-7-15(21-2)8-6-14/h4-10H,11-12H2,1-3H3,(H,19,20). The highest BCUT2D eigenvalue weighted by Crippen LogP contribution is 2.27. The van der Waals surface area contributed by atoms with Gasteiger partial charge in [0.05, 0.1) is 14.2 Å². The van der Waals surface area contributed by atoms with E-state index >= 15 is 0 Å². The maximum atomic E-state index is 11.9. The van der Waals surface area contributed by atoms with Gasteiger partial charge in [0.1, 0.15) is 5.75 Å². The smallest absolute Gasteiger partial charge is 0.258 e. The van der Waals surface area contributed by atoms with Crippen LogP contribution < -0.4 is 19.5 Å². The topological polar surface area (TPSA) is 56.8 Å². The van der Waals surface area contributed by atoms with Gasteiger partial charge in [-0.2, -0.15) is 0 Å². The second-order valence-corrected chi connectivity index (χ2v) is 5.07. The summed E-state index contributed by atoms with van der Waals surface area (Å²) in [6.07, 6.45) is 0. The molecule has 0 aliphatic carbocycles. The SMILES string of the molecule is COc1ccc(CNC(=O)COc2ccc(C)cc2OC)cc1. The maximum Gasteiger partial charge on any atom is 0.258 e. The first-order valence-corrected chi connectivity index (χ1v) is 7.29. The molecule has 0 aliphatic rings. The normalized spacial score (nSPS) is 10.0. The molecule has 0 saturated heterocycles. The number of ether oxygens (including phenoxy) is 3. The van der Waals surface area contributed by atoms with Crippen molar-refractivity contribution >= 4 is 5.91 Å². The van der Waals surface area contributed by atoms with Crippen LogP contribution in [0.4, 0.5) is 0 Å². The van der Waals surface area contributed by atoms with E-state index in [-0.39, 0.29) is 12.5 Å². The third-order valence-electron chi connectivity index (χ3n) is 3.33. The molecule has 2 aromatic rings. The van der Waals surface area contributed by atoms with Gasteiger partial charge < -0.3 is 19.5 Å². The number of hydrogen-bond acceptors (Lipinski definition) is 4. The first-order valence-electron chi connectivity index (χ1n) is 7.29. The number of amides is 1.